The van der Waals surface area contributed by atoms with Crippen LogP contribution in [0.2, 0.25) is 0 Å². The smallest absolute Gasteiger partial charge is 0.222 e. The average molecular weight is 439 g/mol. The second-order valence-electron chi connectivity index (χ2n) is 8.36. The maximum atomic E-state index is 12.7. The molecular weight excluding hydrogens is 408 g/mol. The van der Waals surface area contributed by atoms with E-state index in [1.807, 2.05) is 43.1 Å². The molecular formula is C25H30N2O3S. The summed E-state index contributed by atoms with van der Waals surface area (Å²) in [6.07, 6.45) is 6.26. The molecule has 31 heavy (non-hydrogen) atoms. The molecule has 0 spiro atoms. The summed E-state index contributed by atoms with van der Waals surface area (Å²) in [5, 5.41) is 0. The Morgan fingerprint density at radius 1 is 1.03 bits per heavy atom. The number of nitrogens with zero attached hydrogens (tertiary/aromatic N) is 2. The highest BCUT2D eigenvalue weighted by atomic mass is 32.2. The molecule has 0 bridgehead atoms. The van der Waals surface area contributed by atoms with E-state index in [9.17, 15) is 13.2 Å². The fourth-order valence-corrected chi connectivity index (χ4v) is 6.09. The predicted molar refractivity (Wildman–Crippen MR) is 123 cm³/mol. The van der Waals surface area contributed by atoms with Crippen molar-refractivity contribution in [3.05, 3.63) is 64.5 Å². The maximum absolute atomic E-state index is 12.7. The number of aromatic nitrogens is 1. The number of hydrogen-bond donors (Lipinski definition) is 0. The highest BCUT2D eigenvalue weighted by Crippen LogP contribution is 2.38. The number of aryl methyl sites for hydroxylation is 2. The molecule has 0 atom stereocenters. The highest BCUT2D eigenvalue weighted by Gasteiger charge is 2.27. The SMILES string of the molecule is CCCS(=O)(=O)c1ccc2c(c1)CCc1cccnc1C2=C1CCN(C(=O)CC)CC1. The van der Waals surface area contributed by atoms with Gasteiger partial charge in [0.2, 0.25) is 5.91 Å². The van der Waals surface area contributed by atoms with Crippen LogP contribution in [0.5, 0.6) is 0 Å². The van der Waals surface area contributed by atoms with Gasteiger partial charge in [-0.2, -0.15) is 0 Å². The van der Waals surface area contributed by atoms with Gasteiger partial charge in [0.15, 0.2) is 9.84 Å². The van der Waals surface area contributed by atoms with E-state index in [4.69, 9.17) is 4.98 Å². The minimum Gasteiger partial charge on any atom is -0.342 e. The van der Waals surface area contributed by atoms with Crippen molar-refractivity contribution >= 4 is 21.3 Å². The summed E-state index contributed by atoms with van der Waals surface area (Å²) in [7, 11) is -3.26. The van der Waals surface area contributed by atoms with Gasteiger partial charge in [0.1, 0.15) is 0 Å². The molecule has 1 aliphatic heterocycles. The fraction of sp³-hybridized carbons (Fsp3) is 0.440. The summed E-state index contributed by atoms with van der Waals surface area (Å²) >= 11 is 0. The third kappa shape index (κ3) is 4.31. The lowest BCUT2D eigenvalue weighted by Crippen LogP contribution is -2.36. The van der Waals surface area contributed by atoms with E-state index in [0.717, 1.165) is 61.2 Å². The number of benzene rings is 1. The Bertz CT molecular complexity index is 1130. The number of sulfone groups is 1. The van der Waals surface area contributed by atoms with Crippen LogP contribution in [0.4, 0.5) is 0 Å². The Kier molecular flexibility index (Phi) is 6.28. The molecule has 0 unspecified atom stereocenters. The number of carbonyl (C=O) groups excluding carboxylic acids is 1. The van der Waals surface area contributed by atoms with Crippen molar-refractivity contribution in [1.82, 2.24) is 9.88 Å². The number of rotatable bonds is 4. The highest BCUT2D eigenvalue weighted by molar-refractivity contribution is 7.91. The Morgan fingerprint density at radius 2 is 1.77 bits per heavy atom. The first kappa shape index (κ1) is 21.8. The normalized spacial score (nSPS) is 16.5. The zero-order valence-corrected chi connectivity index (χ0v) is 19.2. The molecule has 1 aliphatic carbocycles. The van der Waals surface area contributed by atoms with Crippen molar-refractivity contribution in [3.8, 4) is 0 Å². The van der Waals surface area contributed by atoms with Gasteiger partial charge < -0.3 is 4.90 Å². The lowest BCUT2D eigenvalue weighted by molar-refractivity contribution is -0.131. The second kappa shape index (κ2) is 8.95. The van der Waals surface area contributed by atoms with Crippen molar-refractivity contribution in [1.29, 1.82) is 0 Å². The number of likely N-dealkylation sites (tertiary alicyclic amines) is 1. The third-order valence-electron chi connectivity index (χ3n) is 6.35. The molecule has 0 saturated carbocycles. The first-order valence-corrected chi connectivity index (χ1v) is 12.9. The van der Waals surface area contributed by atoms with Crippen LogP contribution in [0, 0.1) is 0 Å². The van der Waals surface area contributed by atoms with Gasteiger partial charge in [0.25, 0.3) is 0 Å². The molecule has 164 valence electrons. The number of carbonyl (C=O) groups is 1. The zero-order valence-electron chi connectivity index (χ0n) is 18.4. The van der Waals surface area contributed by atoms with Gasteiger partial charge >= 0.3 is 0 Å². The summed E-state index contributed by atoms with van der Waals surface area (Å²) in [6, 6.07) is 9.71. The quantitative estimate of drug-likeness (QED) is 0.718. The molecule has 1 saturated heterocycles. The summed E-state index contributed by atoms with van der Waals surface area (Å²) in [4.78, 5) is 19.2. The Balaban J connectivity index is 1.81. The van der Waals surface area contributed by atoms with Crippen molar-refractivity contribution in [3.63, 3.8) is 0 Å². The molecule has 2 aliphatic rings. The van der Waals surface area contributed by atoms with E-state index in [0.29, 0.717) is 17.7 Å². The van der Waals surface area contributed by atoms with Crippen LogP contribution in [0.1, 0.15) is 61.9 Å². The summed E-state index contributed by atoms with van der Waals surface area (Å²) in [6.45, 7) is 5.25. The minimum absolute atomic E-state index is 0.169. The summed E-state index contributed by atoms with van der Waals surface area (Å²) < 4.78 is 25.3. The van der Waals surface area contributed by atoms with Crippen molar-refractivity contribution < 1.29 is 13.2 Å². The largest absolute Gasteiger partial charge is 0.342 e. The van der Waals surface area contributed by atoms with Crippen LogP contribution in [-0.2, 0) is 27.5 Å². The predicted octanol–water partition coefficient (Wildman–Crippen LogP) is 4.20. The molecule has 2 aromatic rings. The second-order valence-corrected chi connectivity index (χ2v) is 10.5. The Labute approximate surface area is 185 Å². The molecule has 1 amide bonds. The molecule has 4 rings (SSSR count). The topological polar surface area (TPSA) is 67.3 Å². The van der Waals surface area contributed by atoms with Gasteiger partial charge in [0.05, 0.1) is 16.3 Å². The van der Waals surface area contributed by atoms with Crippen LogP contribution in [0.25, 0.3) is 5.57 Å². The fourth-order valence-electron chi connectivity index (χ4n) is 4.72. The van der Waals surface area contributed by atoms with Crippen molar-refractivity contribution in [2.45, 2.75) is 57.3 Å². The summed E-state index contributed by atoms with van der Waals surface area (Å²) in [5.41, 5.74) is 6.84. The molecule has 6 heteroatoms. The van der Waals surface area contributed by atoms with Gasteiger partial charge in [-0.05, 0) is 67.0 Å². The van der Waals surface area contributed by atoms with Gasteiger partial charge in [-0.3, -0.25) is 9.78 Å². The van der Waals surface area contributed by atoms with E-state index in [1.165, 1.54) is 11.1 Å². The summed E-state index contributed by atoms with van der Waals surface area (Å²) in [5.74, 6) is 0.373. The first-order chi connectivity index (χ1) is 14.9. The van der Waals surface area contributed by atoms with Crippen LogP contribution in [0.3, 0.4) is 0 Å². The van der Waals surface area contributed by atoms with Crippen molar-refractivity contribution in [2.24, 2.45) is 0 Å². The van der Waals surface area contributed by atoms with E-state index in [1.54, 1.807) is 6.07 Å². The molecule has 2 heterocycles. The van der Waals surface area contributed by atoms with E-state index in [2.05, 4.69) is 6.07 Å². The zero-order chi connectivity index (χ0) is 22.0. The van der Waals surface area contributed by atoms with Gasteiger partial charge in [-0.1, -0.05) is 31.6 Å². The van der Waals surface area contributed by atoms with E-state index in [-0.39, 0.29) is 11.7 Å². The third-order valence-corrected chi connectivity index (χ3v) is 8.26. The van der Waals surface area contributed by atoms with Crippen molar-refractivity contribution in [2.75, 3.05) is 18.8 Å². The molecule has 0 radical (unpaired) electrons. The van der Waals surface area contributed by atoms with Crippen LogP contribution >= 0.6 is 0 Å². The van der Waals surface area contributed by atoms with Crippen LogP contribution in [0.15, 0.2) is 47.0 Å². The minimum atomic E-state index is -3.26. The van der Waals surface area contributed by atoms with Gasteiger partial charge in [-0.15, -0.1) is 0 Å². The monoisotopic (exact) mass is 438 g/mol. The molecule has 1 fully saturated rings. The van der Waals surface area contributed by atoms with Gasteiger partial charge in [-0.25, -0.2) is 8.42 Å². The molecule has 1 aromatic heterocycles. The van der Waals surface area contributed by atoms with E-state index < -0.39 is 9.84 Å². The standard InChI is InChI=1S/C25H30N2O3S/c1-3-16-31(29,30)21-9-10-22-20(17-21)8-7-19-6-5-13-26-25(19)24(22)18-11-14-27(15-12-18)23(28)4-2/h5-6,9-10,13,17H,3-4,7-8,11-12,14-16H2,1-2H3. The molecule has 5 nitrogen and oxygen atoms in total. The van der Waals surface area contributed by atoms with E-state index >= 15 is 0 Å². The number of piperidine rings is 1. The molecule has 1 aromatic carbocycles. The van der Waals surface area contributed by atoms with Crippen LogP contribution in [-0.4, -0.2) is 43.1 Å². The average Bonchev–Trinajstić information content (AvgIpc) is 2.95. The maximum Gasteiger partial charge on any atom is 0.222 e. The lowest BCUT2D eigenvalue weighted by Gasteiger charge is -2.30. The molecule has 0 N–H and O–H groups in total. The van der Waals surface area contributed by atoms with Gasteiger partial charge in [0, 0.05) is 31.3 Å². The number of fused-ring (bicyclic) bond motifs is 2. The first-order valence-electron chi connectivity index (χ1n) is 11.2. The Morgan fingerprint density at radius 3 is 2.48 bits per heavy atom. The number of hydrogen-bond acceptors (Lipinski definition) is 4. The number of amides is 1. The van der Waals surface area contributed by atoms with Crippen LogP contribution < -0.4 is 0 Å². The number of pyridine rings is 1. The lowest BCUT2D eigenvalue weighted by atomic mass is 9.88. The Hall–Kier alpha value is -2.47.